The lowest BCUT2D eigenvalue weighted by Gasteiger charge is -2.04. The molecule has 0 amide bonds. The lowest BCUT2D eigenvalue weighted by atomic mass is 10.1. The number of fused-ring (bicyclic) bond motifs is 1. The number of hydrogen-bond donors (Lipinski definition) is 1. The standard InChI is InChI=1S/C14H15NO3/c1-2-3-8-18-14(17)12-9-10-6-4-5-7-11(10)13(16)15-12/h4-7,9H,2-3,8H2,1H3,(H,15,16). The number of carbonyl (C=O) groups is 1. The number of rotatable bonds is 4. The molecule has 0 aliphatic carbocycles. The number of pyridine rings is 1. The molecule has 1 N–H and O–H groups in total. The number of carbonyl (C=O) groups excluding carboxylic acids is 1. The average molecular weight is 245 g/mol. The first-order valence-corrected chi connectivity index (χ1v) is 6.01. The number of ether oxygens (including phenoxy) is 1. The Balaban J connectivity index is 2.29. The third-order valence-corrected chi connectivity index (χ3v) is 2.70. The monoisotopic (exact) mass is 245 g/mol. The number of hydrogen-bond acceptors (Lipinski definition) is 3. The highest BCUT2D eigenvalue weighted by atomic mass is 16.5. The van der Waals surface area contributed by atoms with Gasteiger partial charge < -0.3 is 9.72 Å². The van der Waals surface area contributed by atoms with Gasteiger partial charge in [-0.15, -0.1) is 0 Å². The van der Waals surface area contributed by atoms with Crippen LogP contribution in [0.15, 0.2) is 35.1 Å². The molecule has 0 fully saturated rings. The van der Waals surface area contributed by atoms with Crippen LogP contribution in [0.2, 0.25) is 0 Å². The fraction of sp³-hybridized carbons (Fsp3) is 0.286. The van der Waals surface area contributed by atoms with Crippen molar-refractivity contribution < 1.29 is 9.53 Å². The third kappa shape index (κ3) is 2.59. The zero-order valence-corrected chi connectivity index (χ0v) is 10.2. The fourth-order valence-electron chi connectivity index (χ4n) is 1.71. The van der Waals surface area contributed by atoms with Gasteiger partial charge in [-0.2, -0.15) is 0 Å². The Morgan fingerprint density at radius 2 is 2.11 bits per heavy atom. The Kier molecular flexibility index (Phi) is 3.77. The molecule has 94 valence electrons. The Morgan fingerprint density at radius 3 is 2.89 bits per heavy atom. The van der Waals surface area contributed by atoms with Crippen molar-refractivity contribution in [3.05, 3.63) is 46.4 Å². The number of H-pyrrole nitrogens is 1. The molecule has 0 atom stereocenters. The Bertz CT molecular complexity index is 616. The van der Waals surface area contributed by atoms with Crippen molar-refractivity contribution in [2.24, 2.45) is 0 Å². The highest BCUT2D eigenvalue weighted by Crippen LogP contribution is 2.10. The molecule has 0 saturated heterocycles. The molecule has 2 rings (SSSR count). The molecule has 1 aromatic carbocycles. The molecule has 1 heterocycles. The van der Waals surface area contributed by atoms with E-state index >= 15 is 0 Å². The normalized spacial score (nSPS) is 10.5. The maximum absolute atomic E-state index is 11.8. The summed E-state index contributed by atoms with van der Waals surface area (Å²) in [5, 5.41) is 1.31. The van der Waals surface area contributed by atoms with Gasteiger partial charge in [0.25, 0.3) is 5.56 Å². The Morgan fingerprint density at radius 1 is 1.33 bits per heavy atom. The highest BCUT2D eigenvalue weighted by Gasteiger charge is 2.10. The van der Waals surface area contributed by atoms with E-state index in [0.717, 1.165) is 18.2 Å². The van der Waals surface area contributed by atoms with Crippen molar-refractivity contribution in [3.63, 3.8) is 0 Å². The average Bonchev–Trinajstić information content (AvgIpc) is 2.39. The Hall–Kier alpha value is -2.10. The lowest BCUT2D eigenvalue weighted by Crippen LogP contribution is -2.15. The molecule has 0 spiro atoms. The molecular formula is C14H15NO3. The number of nitrogens with one attached hydrogen (secondary N) is 1. The molecular weight excluding hydrogens is 230 g/mol. The predicted octanol–water partition coefficient (Wildman–Crippen LogP) is 2.49. The predicted molar refractivity (Wildman–Crippen MR) is 69.8 cm³/mol. The van der Waals surface area contributed by atoms with Gasteiger partial charge in [0.1, 0.15) is 5.69 Å². The van der Waals surface area contributed by atoms with Crippen molar-refractivity contribution in [1.29, 1.82) is 0 Å². The molecule has 4 heteroatoms. The van der Waals surface area contributed by atoms with Crippen LogP contribution in [0.25, 0.3) is 10.8 Å². The summed E-state index contributed by atoms with van der Waals surface area (Å²) in [6, 6.07) is 8.78. The molecule has 0 saturated carbocycles. The van der Waals surface area contributed by atoms with E-state index in [1.165, 1.54) is 0 Å². The minimum Gasteiger partial charge on any atom is -0.461 e. The molecule has 0 aliphatic heterocycles. The number of aromatic amines is 1. The van der Waals surface area contributed by atoms with Crippen molar-refractivity contribution in [3.8, 4) is 0 Å². The van der Waals surface area contributed by atoms with Crippen LogP contribution >= 0.6 is 0 Å². The first-order valence-electron chi connectivity index (χ1n) is 6.01. The van der Waals surface area contributed by atoms with Crippen molar-refractivity contribution in [2.75, 3.05) is 6.61 Å². The van der Waals surface area contributed by atoms with Crippen LogP contribution < -0.4 is 5.56 Å². The van der Waals surface area contributed by atoms with Gasteiger partial charge in [0.2, 0.25) is 0 Å². The van der Waals surface area contributed by atoms with Crippen LogP contribution in [-0.2, 0) is 4.74 Å². The van der Waals surface area contributed by atoms with Gasteiger partial charge in [-0.25, -0.2) is 4.79 Å². The summed E-state index contributed by atoms with van der Waals surface area (Å²) in [6.07, 6.45) is 1.78. The van der Waals surface area contributed by atoms with Crippen LogP contribution in [0.4, 0.5) is 0 Å². The summed E-state index contributed by atoms with van der Waals surface area (Å²) in [5.41, 5.74) is -0.0645. The second-order valence-electron chi connectivity index (χ2n) is 4.09. The maximum Gasteiger partial charge on any atom is 0.354 e. The van der Waals surface area contributed by atoms with Crippen LogP contribution in [0, 0.1) is 0 Å². The quantitative estimate of drug-likeness (QED) is 0.665. The summed E-state index contributed by atoms with van der Waals surface area (Å²) in [6.45, 7) is 2.40. The van der Waals surface area contributed by atoms with E-state index in [9.17, 15) is 9.59 Å². The number of benzene rings is 1. The maximum atomic E-state index is 11.8. The van der Waals surface area contributed by atoms with E-state index < -0.39 is 5.97 Å². The van der Waals surface area contributed by atoms with E-state index in [2.05, 4.69) is 4.98 Å². The summed E-state index contributed by atoms with van der Waals surface area (Å²) in [5.74, 6) is -0.480. The number of aromatic nitrogens is 1. The van der Waals surface area contributed by atoms with Gasteiger partial charge in [0.15, 0.2) is 0 Å². The molecule has 4 nitrogen and oxygen atoms in total. The summed E-state index contributed by atoms with van der Waals surface area (Å²) >= 11 is 0. The first-order chi connectivity index (χ1) is 8.72. The molecule has 18 heavy (non-hydrogen) atoms. The van der Waals surface area contributed by atoms with Crippen molar-refractivity contribution in [1.82, 2.24) is 4.98 Å². The molecule has 1 aromatic heterocycles. The zero-order valence-electron chi connectivity index (χ0n) is 10.2. The smallest absolute Gasteiger partial charge is 0.354 e. The van der Waals surface area contributed by atoms with E-state index in [1.807, 2.05) is 13.0 Å². The second-order valence-corrected chi connectivity index (χ2v) is 4.09. The van der Waals surface area contributed by atoms with E-state index in [4.69, 9.17) is 4.74 Å². The lowest BCUT2D eigenvalue weighted by molar-refractivity contribution is 0.0493. The summed E-state index contributed by atoms with van der Waals surface area (Å²) in [7, 11) is 0. The largest absolute Gasteiger partial charge is 0.461 e. The molecule has 0 bridgehead atoms. The van der Waals surface area contributed by atoms with E-state index in [-0.39, 0.29) is 11.3 Å². The van der Waals surface area contributed by atoms with Gasteiger partial charge in [0, 0.05) is 5.39 Å². The van der Waals surface area contributed by atoms with Crippen LogP contribution in [-0.4, -0.2) is 17.6 Å². The fourth-order valence-corrected chi connectivity index (χ4v) is 1.71. The van der Waals surface area contributed by atoms with Crippen LogP contribution in [0.3, 0.4) is 0 Å². The van der Waals surface area contributed by atoms with Gasteiger partial charge in [-0.05, 0) is 23.9 Å². The highest BCUT2D eigenvalue weighted by molar-refractivity contribution is 5.92. The van der Waals surface area contributed by atoms with Gasteiger partial charge in [0.05, 0.1) is 6.61 Å². The minimum atomic E-state index is -0.480. The first kappa shape index (κ1) is 12.4. The molecule has 2 aromatic rings. The van der Waals surface area contributed by atoms with Gasteiger partial charge in [-0.3, -0.25) is 4.79 Å². The topological polar surface area (TPSA) is 59.2 Å². The second kappa shape index (κ2) is 5.49. The van der Waals surface area contributed by atoms with Gasteiger partial charge in [-0.1, -0.05) is 31.5 Å². The SMILES string of the molecule is CCCCOC(=O)c1cc2ccccc2c(=O)[nH]1. The van der Waals surface area contributed by atoms with Gasteiger partial charge >= 0.3 is 5.97 Å². The van der Waals surface area contributed by atoms with Crippen molar-refractivity contribution in [2.45, 2.75) is 19.8 Å². The molecule has 0 aliphatic rings. The van der Waals surface area contributed by atoms with Crippen molar-refractivity contribution >= 4 is 16.7 Å². The van der Waals surface area contributed by atoms with Crippen LogP contribution in [0.1, 0.15) is 30.3 Å². The third-order valence-electron chi connectivity index (χ3n) is 2.70. The minimum absolute atomic E-state index is 0.204. The number of esters is 1. The zero-order chi connectivity index (χ0) is 13.0. The summed E-state index contributed by atoms with van der Waals surface area (Å²) in [4.78, 5) is 26.0. The van der Waals surface area contributed by atoms with E-state index in [0.29, 0.717) is 12.0 Å². The molecule has 0 unspecified atom stereocenters. The van der Waals surface area contributed by atoms with E-state index in [1.54, 1.807) is 24.3 Å². The molecule has 0 radical (unpaired) electrons. The summed E-state index contributed by atoms with van der Waals surface area (Å²) < 4.78 is 5.06. The van der Waals surface area contributed by atoms with Crippen LogP contribution in [0.5, 0.6) is 0 Å². The number of unbranched alkanes of at least 4 members (excludes halogenated alkanes) is 1. The Labute approximate surface area is 105 Å².